The van der Waals surface area contributed by atoms with Crippen molar-refractivity contribution in [1.29, 1.82) is 0 Å². The molecule has 1 saturated carbocycles. The third kappa shape index (κ3) is 3.24. The molecule has 1 unspecified atom stereocenters. The summed E-state index contributed by atoms with van der Waals surface area (Å²) in [4.78, 5) is 11.8. The summed E-state index contributed by atoms with van der Waals surface area (Å²) in [7, 11) is 4.89. The lowest BCUT2D eigenvalue weighted by molar-refractivity contribution is 0.111. The molecule has 1 atom stereocenters. The van der Waals surface area contributed by atoms with E-state index < -0.39 is 5.41 Å². The van der Waals surface area contributed by atoms with Crippen molar-refractivity contribution in [2.75, 3.05) is 21.3 Å². The number of aromatic nitrogens is 2. The molecule has 2 aliphatic carbocycles. The van der Waals surface area contributed by atoms with E-state index in [2.05, 4.69) is 22.9 Å². The van der Waals surface area contributed by atoms with Gasteiger partial charge in [0, 0.05) is 28.7 Å². The number of nitrogens with zero attached hydrogens (tertiary/aromatic N) is 2. The van der Waals surface area contributed by atoms with Crippen LogP contribution in [-0.4, -0.2) is 37.4 Å². The number of methoxy groups -OCH3 is 3. The van der Waals surface area contributed by atoms with Gasteiger partial charge in [-0.25, -0.2) is 0 Å². The summed E-state index contributed by atoms with van der Waals surface area (Å²) in [6.45, 7) is 0. The summed E-state index contributed by atoms with van der Waals surface area (Å²) in [6.07, 6.45) is 9.13. The van der Waals surface area contributed by atoms with Crippen molar-refractivity contribution >= 4 is 12.4 Å². The zero-order valence-electron chi connectivity index (χ0n) is 19.2. The molecule has 5 rings (SSSR count). The fourth-order valence-corrected chi connectivity index (χ4v) is 5.16. The average molecular weight is 445 g/mol. The molecule has 6 heteroatoms. The highest BCUT2D eigenvalue weighted by Crippen LogP contribution is 2.51. The quantitative estimate of drug-likeness (QED) is 0.480. The molecule has 0 amide bonds. The Morgan fingerprint density at radius 1 is 1.00 bits per heavy atom. The van der Waals surface area contributed by atoms with E-state index in [1.807, 2.05) is 36.4 Å². The van der Waals surface area contributed by atoms with Gasteiger partial charge >= 0.3 is 0 Å². The molecule has 0 radical (unpaired) electrons. The first-order valence-corrected chi connectivity index (χ1v) is 11.3. The van der Waals surface area contributed by atoms with Crippen molar-refractivity contribution < 1.29 is 19.0 Å². The second kappa shape index (κ2) is 8.43. The molecule has 0 bridgehead atoms. The van der Waals surface area contributed by atoms with E-state index in [1.165, 1.54) is 6.42 Å². The van der Waals surface area contributed by atoms with E-state index in [0.29, 0.717) is 35.4 Å². The third-order valence-corrected chi connectivity index (χ3v) is 7.07. The fourth-order valence-electron chi connectivity index (χ4n) is 5.16. The molecule has 1 fully saturated rings. The Kier molecular flexibility index (Phi) is 5.44. The number of hydrogen-bond donors (Lipinski definition) is 0. The molecule has 2 aromatic carbocycles. The normalized spacial score (nSPS) is 19.5. The fraction of sp³-hybridized carbons (Fsp3) is 0.333. The minimum Gasteiger partial charge on any atom is -0.493 e. The number of fused-ring (bicyclic) bond motifs is 1. The van der Waals surface area contributed by atoms with E-state index in [9.17, 15) is 4.79 Å². The minimum absolute atomic E-state index is 0.347. The number of hydrogen-bond acceptors (Lipinski definition) is 5. The van der Waals surface area contributed by atoms with Crippen molar-refractivity contribution in [3.05, 3.63) is 76.6 Å². The molecular weight excluding hydrogens is 416 g/mol. The van der Waals surface area contributed by atoms with Crippen LogP contribution < -0.4 is 14.2 Å². The van der Waals surface area contributed by atoms with Gasteiger partial charge in [0.05, 0.1) is 27.4 Å². The van der Waals surface area contributed by atoms with Gasteiger partial charge in [0.1, 0.15) is 5.69 Å². The molecule has 0 saturated heterocycles. The van der Waals surface area contributed by atoms with Crippen molar-refractivity contribution in [3.63, 3.8) is 0 Å². The molecule has 0 N–H and O–H groups in total. The minimum atomic E-state index is -0.527. The van der Waals surface area contributed by atoms with Crippen molar-refractivity contribution in [2.24, 2.45) is 0 Å². The van der Waals surface area contributed by atoms with E-state index in [1.54, 1.807) is 21.3 Å². The molecule has 0 spiro atoms. The predicted molar refractivity (Wildman–Crippen MR) is 127 cm³/mol. The Hall–Kier alpha value is -3.54. The molecular formula is C27H28N2O4. The lowest BCUT2D eigenvalue weighted by Crippen LogP contribution is -2.33. The van der Waals surface area contributed by atoms with Crippen LogP contribution in [-0.2, 0) is 11.8 Å². The molecule has 3 aromatic rings. The summed E-state index contributed by atoms with van der Waals surface area (Å²) < 4.78 is 19.3. The van der Waals surface area contributed by atoms with Gasteiger partial charge in [0.15, 0.2) is 17.8 Å². The summed E-state index contributed by atoms with van der Waals surface area (Å²) in [5.41, 5.74) is 4.10. The Labute approximate surface area is 193 Å². The molecule has 1 aromatic heterocycles. The van der Waals surface area contributed by atoms with E-state index >= 15 is 0 Å². The maximum atomic E-state index is 11.8. The third-order valence-electron chi connectivity index (χ3n) is 7.07. The van der Waals surface area contributed by atoms with Crippen LogP contribution >= 0.6 is 0 Å². The molecule has 6 nitrogen and oxygen atoms in total. The second-order valence-electron chi connectivity index (χ2n) is 8.62. The van der Waals surface area contributed by atoms with Gasteiger partial charge < -0.3 is 14.2 Å². The van der Waals surface area contributed by atoms with Crippen LogP contribution in [0.1, 0.15) is 58.2 Å². The smallest absolute Gasteiger partial charge is 0.203 e. The van der Waals surface area contributed by atoms with Crippen LogP contribution in [0.25, 0.3) is 6.08 Å². The van der Waals surface area contributed by atoms with E-state index in [0.717, 1.165) is 41.5 Å². The summed E-state index contributed by atoms with van der Waals surface area (Å²) in [5, 5.41) is 4.71. The predicted octanol–water partition coefficient (Wildman–Crippen LogP) is 5.00. The van der Waals surface area contributed by atoms with Crippen LogP contribution in [0.3, 0.4) is 0 Å². The largest absolute Gasteiger partial charge is 0.493 e. The average Bonchev–Trinajstić information content (AvgIpc) is 3.19. The number of carbonyl (C=O) groups is 1. The number of carbonyl (C=O) groups excluding carboxylic acids is 1. The lowest BCUT2D eigenvalue weighted by atomic mass is 9.68. The number of benzene rings is 2. The van der Waals surface area contributed by atoms with E-state index in [4.69, 9.17) is 19.3 Å². The monoisotopic (exact) mass is 444 g/mol. The number of allylic oxidation sites excluding steroid dienone is 1. The first-order chi connectivity index (χ1) is 16.2. The van der Waals surface area contributed by atoms with Crippen molar-refractivity contribution in [1.82, 2.24) is 9.78 Å². The Morgan fingerprint density at radius 2 is 1.76 bits per heavy atom. The molecule has 1 heterocycles. The Morgan fingerprint density at radius 3 is 2.36 bits per heavy atom. The second-order valence-corrected chi connectivity index (χ2v) is 8.62. The SMILES string of the molecule is COc1ccc(C2(c3ccccc3)C=Cc3c(C=O)nn(C4CCC4)c3C2)c(OC)c1OC. The standard InChI is InChI=1S/C27H28N2O4/c1-31-24-13-12-21(25(32-2)26(24)33-3)27(18-8-5-4-6-9-18)15-14-20-22(17-30)28-29(23(20)16-27)19-10-7-11-19/h4-6,8-9,12-15,17,19H,7,10-11,16H2,1-3H3. The Bertz CT molecular complexity index is 1210. The van der Waals surface area contributed by atoms with Gasteiger partial charge in [-0.2, -0.15) is 5.10 Å². The van der Waals surface area contributed by atoms with Crippen LogP contribution in [0.15, 0.2) is 48.5 Å². The lowest BCUT2D eigenvalue weighted by Gasteiger charge is -2.37. The topological polar surface area (TPSA) is 62.6 Å². The van der Waals surface area contributed by atoms with Gasteiger partial charge in [0.2, 0.25) is 5.75 Å². The Balaban J connectivity index is 1.76. The first-order valence-electron chi connectivity index (χ1n) is 11.3. The number of ether oxygens (including phenoxy) is 3. The van der Waals surface area contributed by atoms with Crippen LogP contribution in [0, 0.1) is 0 Å². The molecule has 2 aliphatic rings. The number of aldehydes is 1. The van der Waals surface area contributed by atoms with E-state index in [-0.39, 0.29) is 0 Å². The molecule has 170 valence electrons. The molecule has 33 heavy (non-hydrogen) atoms. The van der Waals surface area contributed by atoms with Gasteiger partial charge in [-0.05, 0) is 30.9 Å². The van der Waals surface area contributed by atoms with Gasteiger partial charge in [-0.3, -0.25) is 9.48 Å². The van der Waals surface area contributed by atoms with Crippen molar-refractivity contribution in [3.8, 4) is 17.2 Å². The zero-order valence-corrected chi connectivity index (χ0v) is 19.2. The zero-order chi connectivity index (χ0) is 23.0. The number of rotatable bonds is 7. The van der Waals surface area contributed by atoms with Gasteiger partial charge in [-0.15, -0.1) is 0 Å². The maximum absolute atomic E-state index is 11.8. The summed E-state index contributed by atoms with van der Waals surface area (Å²) in [5.74, 6) is 1.82. The highest BCUT2D eigenvalue weighted by Gasteiger charge is 2.41. The highest BCUT2D eigenvalue weighted by molar-refractivity contribution is 5.82. The van der Waals surface area contributed by atoms with Crippen LogP contribution in [0.4, 0.5) is 0 Å². The summed E-state index contributed by atoms with van der Waals surface area (Å²) in [6, 6.07) is 14.7. The van der Waals surface area contributed by atoms with Crippen LogP contribution in [0.5, 0.6) is 17.2 Å². The summed E-state index contributed by atoms with van der Waals surface area (Å²) >= 11 is 0. The van der Waals surface area contributed by atoms with Crippen LogP contribution in [0.2, 0.25) is 0 Å². The molecule has 0 aliphatic heterocycles. The highest BCUT2D eigenvalue weighted by atomic mass is 16.5. The van der Waals surface area contributed by atoms with Crippen molar-refractivity contribution in [2.45, 2.75) is 37.1 Å². The maximum Gasteiger partial charge on any atom is 0.203 e. The first kappa shape index (κ1) is 21.3. The van der Waals surface area contributed by atoms with Gasteiger partial charge in [-0.1, -0.05) is 48.6 Å². The van der Waals surface area contributed by atoms with Gasteiger partial charge in [0.25, 0.3) is 0 Å².